The lowest BCUT2D eigenvalue weighted by Crippen LogP contribution is -2.29. The molecule has 2 aliphatic rings. The van der Waals surface area contributed by atoms with Crippen molar-refractivity contribution >= 4 is 23.5 Å². The number of likely N-dealkylation sites (tertiary alicyclic amines) is 1. The molecule has 2 N–H and O–H groups in total. The van der Waals surface area contributed by atoms with Gasteiger partial charge in [-0.15, -0.1) is 0 Å². The zero-order chi connectivity index (χ0) is 20.8. The average molecular weight is 403 g/mol. The van der Waals surface area contributed by atoms with Crippen LogP contribution in [0.4, 0.5) is 17.5 Å². The Balaban J connectivity index is 1.46. The van der Waals surface area contributed by atoms with Gasteiger partial charge in [-0.3, -0.25) is 0 Å². The summed E-state index contributed by atoms with van der Waals surface area (Å²) in [6.07, 6.45) is 12.3. The molecule has 1 saturated carbocycles. The van der Waals surface area contributed by atoms with Gasteiger partial charge >= 0.3 is 0 Å². The number of nitrogens with one attached hydrogen (secondary N) is 2. The Morgan fingerprint density at radius 2 is 1.83 bits per heavy atom. The SMILES string of the molecule is CN1CCC(c2ccc(Nc3ncc(/C=C/C#N)c(NC4CCCC4)n3)cc2)CC1. The smallest absolute Gasteiger partial charge is 0.229 e. The van der Waals surface area contributed by atoms with E-state index in [1.165, 1.54) is 50.4 Å². The molecule has 0 spiro atoms. The highest BCUT2D eigenvalue weighted by atomic mass is 15.1. The number of rotatable bonds is 6. The van der Waals surface area contributed by atoms with Crippen molar-refractivity contribution in [2.45, 2.75) is 50.5 Å². The van der Waals surface area contributed by atoms with Crippen molar-refractivity contribution in [3.63, 3.8) is 0 Å². The van der Waals surface area contributed by atoms with Crippen LogP contribution in [-0.2, 0) is 0 Å². The Bertz CT molecular complexity index is 900. The Kier molecular flexibility index (Phi) is 6.60. The number of hydrogen-bond donors (Lipinski definition) is 2. The fourth-order valence-corrected chi connectivity index (χ4v) is 4.39. The Morgan fingerprint density at radius 3 is 2.53 bits per heavy atom. The fraction of sp³-hybridized carbons (Fsp3) is 0.458. The lowest BCUT2D eigenvalue weighted by Gasteiger charge is -2.29. The minimum atomic E-state index is 0.441. The summed E-state index contributed by atoms with van der Waals surface area (Å²) in [5.41, 5.74) is 3.24. The Morgan fingerprint density at radius 1 is 1.10 bits per heavy atom. The third kappa shape index (κ3) is 5.17. The zero-order valence-electron chi connectivity index (χ0n) is 17.6. The lowest BCUT2D eigenvalue weighted by molar-refractivity contribution is 0.255. The van der Waals surface area contributed by atoms with Crippen LogP contribution in [0.5, 0.6) is 0 Å². The van der Waals surface area contributed by atoms with Crippen LogP contribution in [0.2, 0.25) is 0 Å². The highest BCUT2D eigenvalue weighted by Gasteiger charge is 2.19. The number of hydrogen-bond acceptors (Lipinski definition) is 6. The van der Waals surface area contributed by atoms with Gasteiger partial charge in [-0.25, -0.2) is 4.98 Å². The monoisotopic (exact) mass is 402 g/mol. The van der Waals surface area contributed by atoms with Gasteiger partial charge in [0.15, 0.2) is 0 Å². The molecule has 0 bridgehead atoms. The van der Waals surface area contributed by atoms with E-state index < -0.39 is 0 Å². The molecule has 1 aromatic heterocycles. The van der Waals surface area contributed by atoms with E-state index in [1.807, 2.05) is 6.07 Å². The Labute approximate surface area is 179 Å². The van der Waals surface area contributed by atoms with Gasteiger partial charge in [0, 0.05) is 29.6 Å². The first kappa shape index (κ1) is 20.4. The maximum atomic E-state index is 8.87. The number of nitrogens with zero attached hydrogens (tertiary/aromatic N) is 4. The summed E-state index contributed by atoms with van der Waals surface area (Å²) in [6, 6.07) is 11.2. The molecular weight excluding hydrogens is 372 g/mol. The molecule has 2 heterocycles. The molecule has 0 radical (unpaired) electrons. The number of benzene rings is 1. The van der Waals surface area contributed by atoms with Crippen LogP contribution in [0.15, 0.2) is 36.5 Å². The second-order valence-corrected chi connectivity index (χ2v) is 8.41. The number of nitriles is 1. The molecule has 156 valence electrons. The van der Waals surface area contributed by atoms with Crippen LogP contribution in [0.1, 0.15) is 55.6 Å². The maximum absolute atomic E-state index is 8.87. The van der Waals surface area contributed by atoms with Crippen molar-refractivity contribution in [3.05, 3.63) is 47.7 Å². The van der Waals surface area contributed by atoms with Gasteiger partial charge < -0.3 is 15.5 Å². The highest BCUT2D eigenvalue weighted by molar-refractivity contribution is 5.66. The molecule has 0 atom stereocenters. The maximum Gasteiger partial charge on any atom is 0.229 e. The molecule has 2 aromatic rings. The fourth-order valence-electron chi connectivity index (χ4n) is 4.39. The van der Waals surface area contributed by atoms with Gasteiger partial charge in [0.1, 0.15) is 5.82 Å². The molecule has 0 unspecified atom stereocenters. The van der Waals surface area contributed by atoms with Crippen molar-refractivity contribution in [3.8, 4) is 6.07 Å². The quantitative estimate of drug-likeness (QED) is 0.668. The largest absolute Gasteiger partial charge is 0.367 e. The van der Waals surface area contributed by atoms with Crippen LogP contribution in [0.3, 0.4) is 0 Å². The van der Waals surface area contributed by atoms with Gasteiger partial charge in [-0.1, -0.05) is 25.0 Å². The summed E-state index contributed by atoms with van der Waals surface area (Å²) in [5.74, 6) is 2.01. The van der Waals surface area contributed by atoms with Gasteiger partial charge in [0.25, 0.3) is 0 Å². The second-order valence-electron chi connectivity index (χ2n) is 8.41. The van der Waals surface area contributed by atoms with Crippen molar-refractivity contribution in [2.75, 3.05) is 30.8 Å². The molecular formula is C24H30N6. The van der Waals surface area contributed by atoms with Gasteiger partial charge in [-0.2, -0.15) is 10.2 Å². The first-order chi connectivity index (χ1) is 14.7. The van der Waals surface area contributed by atoms with E-state index in [0.29, 0.717) is 17.9 Å². The molecule has 1 aliphatic carbocycles. The van der Waals surface area contributed by atoms with Crippen molar-refractivity contribution in [1.82, 2.24) is 14.9 Å². The van der Waals surface area contributed by atoms with Gasteiger partial charge in [0.2, 0.25) is 5.95 Å². The molecule has 1 saturated heterocycles. The molecule has 1 aliphatic heterocycles. The molecule has 6 heteroatoms. The molecule has 4 rings (SSSR count). The predicted octanol–water partition coefficient (Wildman–Crippen LogP) is 4.92. The summed E-state index contributed by atoms with van der Waals surface area (Å²) >= 11 is 0. The summed E-state index contributed by atoms with van der Waals surface area (Å²) in [7, 11) is 2.19. The van der Waals surface area contributed by atoms with Crippen LogP contribution in [0, 0.1) is 11.3 Å². The normalized spacial score (nSPS) is 18.5. The molecule has 0 amide bonds. The zero-order valence-corrected chi connectivity index (χ0v) is 17.6. The summed E-state index contributed by atoms with van der Waals surface area (Å²) in [4.78, 5) is 11.6. The number of piperidine rings is 1. The third-order valence-electron chi connectivity index (χ3n) is 6.21. The molecule has 30 heavy (non-hydrogen) atoms. The number of aromatic nitrogens is 2. The van der Waals surface area contributed by atoms with E-state index in [4.69, 9.17) is 10.2 Å². The number of anilines is 3. The van der Waals surface area contributed by atoms with Crippen LogP contribution in [-0.4, -0.2) is 41.0 Å². The summed E-state index contributed by atoms with van der Waals surface area (Å²) in [6.45, 7) is 2.34. The summed E-state index contributed by atoms with van der Waals surface area (Å²) in [5, 5.41) is 15.7. The molecule has 6 nitrogen and oxygen atoms in total. The topological polar surface area (TPSA) is 76.9 Å². The van der Waals surface area contributed by atoms with E-state index in [-0.39, 0.29) is 0 Å². The predicted molar refractivity (Wildman–Crippen MR) is 122 cm³/mol. The van der Waals surface area contributed by atoms with Crippen molar-refractivity contribution in [1.29, 1.82) is 5.26 Å². The standard InChI is InChI=1S/C24H30N6/c1-30-15-12-19(13-16-30)18-8-10-22(11-9-18)28-24-26-17-20(5-4-14-25)23(29-24)27-21-6-2-3-7-21/h4-5,8-11,17,19,21H,2-3,6-7,12-13,15-16H2,1H3,(H2,26,27,28,29)/b5-4+. The minimum absolute atomic E-state index is 0.441. The average Bonchev–Trinajstić information content (AvgIpc) is 3.28. The van der Waals surface area contributed by atoms with Gasteiger partial charge in [0.05, 0.1) is 6.07 Å². The van der Waals surface area contributed by atoms with E-state index >= 15 is 0 Å². The van der Waals surface area contributed by atoms with E-state index in [9.17, 15) is 0 Å². The first-order valence-electron chi connectivity index (χ1n) is 11.0. The van der Waals surface area contributed by atoms with E-state index in [0.717, 1.165) is 29.9 Å². The number of allylic oxidation sites excluding steroid dienone is 1. The van der Waals surface area contributed by atoms with Gasteiger partial charge in [-0.05, 0) is 75.5 Å². The third-order valence-corrected chi connectivity index (χ3v) is 6.21. The lowest BCUT2D eigenvalue weighted by atomic mass is 9.89. The highest BCUT2D eigenvalue weighted by Crippen LogP contribution is 2.29. The minimum Gasteiger partial charge on any atom is -0.367 e. The van der Waals surface area contributed by atoms with E-state index in [1.54, 1.807) is 12.3 Å². The van der Waals surface area contributed by atoms with Crippen molar-refractivity contribution in [2.24, 2.45) is 0 Å². The first-order valence-corrected chi connectivity index (χ1v) is 11.0. The van der Waals surface area contributed by atoms with Crippen molar-refractivity contribution < 1.29 is 0 Å². The second kappa shape index (κ2) is 9.73. The van der Waals surface area contributed by atoms with E-state index in [2.05, 4.69) is 51.8 Å². The molecule has 2 fully saturated rings. The van der Waals surface area contributed by atoms with Crippen LogP contribution >= 0.6 is 0 Å². The molecule has 1 aromatic carbocycles. The summed E-state index contributed by atoms with van der Waals surface area (Å²) < 4.78 is 0. The van der Waals surface area contributed by atoms with Crippen LogP contribution < -0.4 is 10.6 Å². The Hall–Kier alpha value is -2.91. The van der Waals surface area contributed by atoms with Crippen LogP contribution in [0.25, 0.3) is 6.08 Å².